The van der Waals surface area contributed by atoms with Gasteiger partial charge in [-0.3, -0.25) is 0 Å². The van der Waals surface area contributed by atoms with Crippen molar-refractivity contribution in [3.63, 3.8) is 0 Å². The van der Waals surface area contributed by atoms with E-state index in [-0.39, 0.29) is 0 Å². The van der Waals surface area contributed by atoms with Crippen LogP contribution in [0, 0.1) is 0 Å². The first-order chi connectivity index (χ1) is 9.74. The van der Waals surface area contributed by atoms with Gasteiger partial charge in [-0.2, -0.15) is 0 Å². The van der Waals surface area contributed by atoms with Gasteiger partial charge in [-0.05, 0) is 53.4 Å². The highest BCUT2D eigenvalue weighted by Gasteiger charge is 2.04. The van der Waals surface area contributed by atoms with Crippen LogP contribution in [-0.4, -0.2) is 0 Å². The van der Waals surface area contributed by atoms with E-state index in [4.69, 9.17) is 22.1 Å². The van der Waals surface area contributed by atoms with Crippen molar-refractivity contribution in [3.05, 3.63) is 64.0 Å². The van der Waals surface area contributed by atoms with Crippen molar-refractivity contribution in [1.82, 2.24) is 0 Å². The summed E-state index contributed by atoms with van der Waals surface area (Å²) in [6.07, 6.45) is 0. The minimum atomic E-state index is 0.568. The van der Waals surface area contributed by atoms with Gasteiger partial charge in [-0.15, -0.1) is 11.3 Å². The lowest BCUT2D eigenvalue weighted by Gasteiger charge is -2.03. The number of fused-ring (bicyclic) bond motifs is 1. The summed E-state index contributed by atoms with van der Waals surface area (Å²) in [7, 11) is 0. The maximum absolute atomic E-state index is 5.85. The molecule has 0 fully saturated rings. The number of hydrogen-bond donors (Lipinski definition) is 1. The second kappa shape index (κ2) is 5.83. The number of rotatable bonds is 4. The van der Waals surface area contributed by atoms with E-state index >= 15 is 0 Å². The Morgan fingerprint density at radius 1 is 1.05 bits per heavy atom. The van der Waals surface area contributed by atoms with Crippen molar-refractivity contribution in [1.29, 1.82) is 0 Å². The van der Waals surface area contributed by atoms with E-state index in [1.54, 1.807) is 11.3 Å². The predicted octanol–water partition coefficient (Wildman–Crippen LogP) is 4.59. The van der Waals surface area contributed by atoms with Crippen molar-refractivity contribution in [2.24, 2.45) is 5.73 Å². The number of hydrogen-bond acceptors (Lipinski definition) is 3. The molecule has 0 saturated heterocycles. The van der Waals surface area contributed by atoms with Gasteiger partial charge in [0, 0.05) is 21.1 Å². The van der Waals surface area contributed by atoms with Crippen LogP contribution in [0.5, 0.6) is 5.75 Å². The Hall–Kier alpha value is -1.55. The van der Waals surface area contributed by atoms with Gasteiger partial charge in [-0.1, -0.05) is 17.7 Å². The monoisotopic (exact) mass is 303 g/mol. The fourth-order valence-corrected chi connectivity index (χ4v) is 3.12. The van der Waals surface area contributed by atoms with Crippen molar-refractivity contribution < 1.29 is 4.74 Å². The zero-order valence-electron chi connectivity index (χ0n) is 10.8. The van der Waals surface area contributed by atoms with E-state index < -0.39 is 0 Å². The van der Waals surface area contributed by atoms with Gasteiger partial charge in [-0.25, -0.2) is 0 Å². The average molecular weight is 304 g/mol. The Balaban J connectivity index is 1.75. The SMILES string of the molecule is NCc1ccc2sc(COc3ccc(Cl)cc3)cc2c1. The maximum Gasteiger partial charge on any atom is 0.122 e. The zero-order chi connectivity index (χ0) is 13.9. The van der Waals surface area contributed by atoms with Crippen LogP contribution in [0.2, 0.25) is 5.02 Å². The first kappa shape index (κ1) is 13.4. The summed E-state index contributed by atoms with van der Waals surface area (Å²) in [5, 5.41) is 1.95. The highest BCUT2D eigenvalue weighted by atomic mass is 35.5. The standard InChI is InChI=1S/C16H14ClNOS/c17-13-2-4-14(5-3-13)19-10-15-8-12-7-11(9-18)1-6-16(12)20-15/h1-8H,9-10,18H2. The third-order valence-electron chi connectivity index (χ3n) is 3.06. The van der Waals surface area contributed by atoms with Crippen LogP contribution < -0.4 is 10.5 Å². The molecule has 0 aliphatic carbocycles. The minimum absolute atomic E-state index is 0.568. The van der Waals surface area contributed by atoms with Crippen molar-refractivity contribution in [3.8, 4) is 5.75 Å². The second-order valence-electron chi connectivity index (χ2n) is 4.53. The van der Waals surface area contributed by atoms with Crippen molar-refractivity contribution in [2.75, 3.05) is 0 Å². The summed E-state index contributed by atoms with van der Waals surface area (Å²) < 4.78 is 7.02. The molecule has 3 rings (SSSR count). The minimum Gasteiger partial charge on any atom is -0.488 e. The van der Waals surface area contributed by atoms with E-state index in [0.29, 0.717) is 18.2 Å². The van der Waals surface area contributed by atoms with Crippen molar-refractivity contribution >= 4 is 33.0 Å². The molecule has 20 heavy (non-hydrogen) atoms. The molecule has 0 aliphatic heterocycles. The van der Waals surface area contributed by atoms with Crippen LogP contribution >= 0.6 is 22.9 Å². The Bertz CT molecular complexity index is 721. The predicted molar refractivity (Wildman–Crippen MR) is 85.5 cm³/mol. The molecule has 3 aromatic rings. The molecule has 1 aromatic heterocycles. The van der Waals surface area contributed by atoms with Gasteiger partial charge < -0.3 is 10.5 Å². The van der Waals surface area contributed by atoms with E-state index in [0.717, 1.165) is 11.3 Å². The molecule has 0 unspecified atom stereocenters. The summed E-state index contributed by atoms with van der Waals surface area (Å²) in [4.78, 5) is 1.20. The van der Waals surface area contributed by atoms with Crippen LogP contribution in [0.1, 0.15) is 10.4 Å². The fraction of sp³-hybridized carbons (Fsp3) is 0.125. The summed E-state index contributed by atoms with van der Waals surface area (Å²) in [5.74, 6) is 0.828. The third kappa shape index (κ3) is 2.96. The molecule has 0 radical (unpaired) electrons. The Morgan fingerprint density at radius 2 is 1.85 bits per heavy atom. The van der Waals surface area contributed by atoms with Crippen LogP contribution in [0.15, 0.2) is 48.5 Å². The highest BCUT2D eigenvalue weighted by molar-refractivity contribution is 7.19. The molecule has 2 nitrogen and oxygen atoms in total. The molecule has 0 amide bonds. The molecule has 2 N–H and O–H groups in total. The Kier molecular flexibility index (Phi) is 3.92. The third-order valence-corrected chi connectivity index (χ3v) is 4.40. The van der Waals surface area contributed by atoms with Crippen LogP contribution in [-0.2, 0) is 13.2 Å². The smallest absolute Gasteiger partial charge is 0.122 e. The number of benzene rings is 2. The van der Waals surface area contributed by atoms with Crippen LogP contribution in [0.25, 0.3) is 10.1 Å². The molecule has 0 atom stereocenters. The zero-order valence-corrected chi connectivity index (χ0v) is 12.4. The van der Waals surface area contributed by atoms with Gasteiger partial charge in [0.05, 0.1) is 0 Å². The molecule has 4 heteroatoms. The van der Waals surface area contributed by atoms with Gasteiger partial charge in [0.15, 0.2) is 0 Å². The average Bonchev–Trinajstić information content (AvgIpc) is 2.88. The Morgan fingerprint density at radius 3 is 2.60 bits per heavy atom. The molecule has 0 bridgehead atoms. The lowest BCUT2D eigenvalue weighted by molar-refractivity contribution is 0.310. The lowest BCUT2D eigenvalue weighted by atomic mass is 10.1. The summed E-state index contributed by atoms with van der Waals surface area (Å²) in [5.41, 5.74) is 6.82. The number of nitrogens with two attached hydrogens (primary N) is 1. The summed E-state index contributed by atoms with van der Waals surface area (Å²) in [6, 6.07) is 15.9. The number of halogens is 1. The quantitative estimate of drug-likeness (QED) is 0.765. The number of ether oxygens (including phenoxy) is 1. The molecule has 1 heterocycles. The van der Waals surface area contributed by atoms with Gasteiger partial charge in [0.25, 0.3) is 0 Å². The lowest BCUT2D eigenvalue weighted by Crippen LogP contribution is -1.94. The van der Waals surface area contributed by atoms with Crippen LogP contribution in [0.3, 0.4) is 0 Å². The van der Waals surface area contributed by atoms with Gasteiger partial charge in [0.1, 0.15) is 12.4 Å². The van der Waals surface area contributed by atoms with E-state index in [1.165, 1.54) is 15.0 Å². The van der Waals surface area contributed by atoms with Gasteiger partial charge >= 0.3 is 0 Å². The topological polar surface area (TPSA) is 35.2 Å². The van der Waals surface area contributed by atoms with Crippen molar-refractivity contribution in [2.45, 2.75) is 13.2 Å². The van der Waals surface area contributed by atoms with E-state index in [1.807, 2.05) is 24.3 Å². The highest BCUT2D eigenvalue weighted by Crippen LogP contribution is 2.27. The largest absolute Gasteiger partial charge is 0.488 e. The normalized spacial score (nSPS) is 10.9. The summed E-state index contributed by atoms with van der Waals surface area (Å²) in [6.45, 7) is 1.14. The molecule has 0 aliphatic rings. The first-order valence-electron chi connectivity index (χ1n) is 6.34. The molecule has 2 aromatic carbocycles. The first-order valence-corrected chi connectivity index (χ1v) is 7.54. The van der Waals surface area contributed by atoms with Gasteiger partial charge in [0.2, 0.25) is 0 Å². The van der Waals surface area contributed by atoms with E-state index in [9.17, 15) is 0 Å². The molecule has 0 saturated carbocycles. The molecule has 0 spiro atoms. The number of thiophene rings is 1. The molecular weight excluding hydrogens is 290 g/mol. The fourth-order valence-electron chi connectivity index (χ4n) is 2.03. The van der Waals surface area contributed by atoms with E-state index in [2.05, 4.69) is 24.3 Å². The maximum atomic E-state index is 5.85. The Labute approximate surface area is 126 Å². The summed E-state index contributed by atoms with van der Waals surface area (Å²) >= 11 is 7.59. The molecule has 102 valence electrons. The molecular formula is C16H14ClNOS. The second-order valence-corrected chi connectivity index (χ2v) is 6.14. The van der Waals surface area contributed by atoms with Crippen LogP contribution in [0.4, 0.5) is 0 Å².